The highest BCUT2D eigenvalue weighted by atomic mass is 16.5. The normalized spacial score (nSPS) is 24.3. The largest absolute Gasteiger partial charge is 0.396 e. The first-order chi connectivity index (χ1) is 8.58. The van der Waals surface area contributed by atoms with Gasteiger partial charge in [0.05, 0.1) is 12.1 Å². The molecule has 0 aromatic heterocycles. The summed E-state index contributed by atoms with van der Waals surface area (Å²) in [5.41, 5.74) is 0. The quantitative estimate of drug-likeness (QED) is 0.671. The minimum absolute atomic E-state index is 0.0444. The Balaban J connectivity index is 2.37. The number of urea groups is 1. The molecule has 0 saturated carbocycles. The lowest BCUT2D eigenvalue weighted by molar-refractivity contribution is 0.0792. The van der Waals surface area contributed by atoms with Crippen LogP contribution in [0, 0.1) is 5.92 Å². The molecule has 2 amide bonds. The van der Waals surface area contributed by atoms with Gasteiger partial charge in [-0.25, -0.2) is 4.79 Å². The van der Waals surface area contributed by atoms with Gasteiger partial charge in [-0.15, -0.1) is 0 Å². The summed E-state index contributed by atoms with van der Waals surface area (Å²) in [5.74, 6) is 0.0542. The maximum Gasteiger partial charge on any atom is 0.315 e. The Bertz CT molecular complexity index is 255. The second kappa shape index (κ2) is 7.59. The summed E-state index contributed by atoms with van der Waals surface area (Å²) in [7, 11) is 0. The summed E-state index contributed by atoms with van der Waals surface area (Å²) >= 11 is 0. The summed E-state index contributed by atoms with van der Waals surface area (Å²) in [4.78, 5) is 11.8. The molecule has 1 rings (SSSR count). The molecule has 0 aromatic carbocycles. The number of rotatable bonds is 6. The average molecular weight is 258 g/mol. The van der Waals surface area contributed by atoms with Gasteiger partial charge in [-0.1, -0.05) is 13.8 Å². The predicted molar refractivity (Wildman–Crippen MR) is 70.4 cm³/mol. The van der Waals surface area contributed by atoms with E-state index in [1.54, 1.807) is 0 Å². The van der Waals surface area contributed by atoms with Crippen molar-refractivity contribution in [2.24, 2.45) is 5.92 Å². The van der Waals surface area contributed by atoms with Crippen molar-refractivity contribution in [2.75, 3.05) is 13.2 Å². The fourth-order valence-electron chi connectivity index (χ4n) is 2.10. The van der Waals surface area contributed by atoms with Crippen LogP contribution in [0.3, 0.4) is 0 Å². The van der Waals surface area contributed by atoms with Crippen LogP contribution in [0.5, 0.6) is 0 Å². The van der Waals surface area contributed by atoms with Gasteiger partial charge < -0.3 is 20.5 Å². The topological polar surface area (TPSA) is 70.6 Å². The van der Waals surface area contributed by atoms with E-state index in [2.05, 4.69) is 10.6 Å². The van der Waals surface area contributed by atoms with Crippen LogP contribution < -0.4 is 10.6 Å². The molecule has 5 nitrogen and oxygen atoms in total. The molecular weight excluding hydrogens is 232 g/mol. The molecule has 1 heterocycles. The van der Waals surface area contributed by atoms with Gasteiger partial charge in [-0.05, 0) is 32.1 Å². The lowest BCUT2D eigenvalue weighted by Crippen LogP contribution is -2.50. The highest BCUT2D eigenvalue weighted by molar-refractivity contribution is 5.74. The molecule has 0 spiro atoms. The van der Waals surface area contributed by atoms with Crippen molar-refractivity contribution in [1.82, 2.24) is 10.6 Å². The molecule has 1 aliphatic rings. The Morgan fingerprint density at radius 3 is 2.67 bits per heavy atom. The van der Waals surface area contributed by atoms with E-state index in [9.17, 15) is 4.79 Å². The number of nitrogens with one attached hydrogen (secondary N) is 2. The Morgan fingerprint density at radius 1 is 1.44 bits per heavy atom. The minimum Gasteiger partial charge on any atom is -0.396 e. The highest BCUT2D eigenvalue weighted by Gasteiger charge is 2.26. The molecule has 4 atom stereocenters. The van der Waals surface area contributed by atoms with Gasteiger partial charge in [0, 0.05) is 19.3 Å². The van der Waals surface area contributed by atoms with E-state index in [0.29, 0.717) is 0 Å². The molecule has 0 aliphatic carbocycles. The van der Waals surface area contributed by atoms with Crippen LogP contribution in [0.15, 0.2) is 0 Å². The van der Waals surface area contributed by atoms with Crippen LogP contribution in [-0.4, -0.2) is 42.5 Å². The van der Waals surface area contributed by atoms with E-state index in [0.717, 1.165) is 25.9 Å². The molecule has 5 heteroatoms. The van der Waals surface area contributed by atoms with Gasteiger partial charge in [0.25, 0.3) is 0 Å². The first kappa shape index (κ1) is 15.2. The second-order valence-corrected chi connectivity index (χ2v) is 5.13. The first-order valence-electron chi connectivity index (χ1n) is 6.88. The Morgan fingerprint density at radius 2 is 2.17 bits per heavy atom. The van der Waals surface area contributed by atoms with Crippen molar-refractivity contribution in [1.29, 1.82) is 0 Å². The fraction of sp³-hybridized carbons (Fsp3) is 0.923. The molecule has 0 bridgehead atoms. The monoisotopic (exact) mass is 258 g/mol. The van der Waals surface area contributed by atoms with E-state index >= 15 is 0 Å². The number of aliphatic hydroxyl groups excluding tert-OH is 1. The van der Waals surface area contributed by atoms with Gasteiger partial charge in [-0.3, -0.25) is 0 Å². The van der Waals surface area contributed by atoms with Crippen molar-refractivity contribution in [2.45, 2.75) is 58.2 Å². The number of aliphatic hydroxyl groups is 1. The third-order valence-corrected chi connectivity index (χ3v) is 3.67. The summed E-state index contributed by atoms with van der Waals surface area (Å²) in [5, 5.41) is 14.8. The molecular formula is C13H26N2O3. The van der Waals surface area contributed by atoms with Crippen LogP contribution in [0.4, 0.5) is 4.79 Å². The van der Waals surface area contributed by atoms with Gasteiger partial charge in [0.1, 0.15) is 0 Å². The summed E-state index contributed by atoms with van der Waals surface area (Å²) in [6.45, 7) is 6.72. The Labute approximate surface area is 109 Å². The summed E-state index contributed by atoms with van der Waals surface area (Å²) < 4.78 is 5.60. The van der Waals surface area contributed by atoms with Crippen molar-refractivity contribution in [3.63, 3.8) is 0 Å². The SMILES string of the molecule is CCC(NC(=O)NC(C)C(C)CO)C1CCCO1. The third kappa shape index (κ3) is 4.46. The first-order valence-corrected chi connectivity index (χ1v) is 6.88. The Hall–Kier alpha value is -0.810. The highest BCUT2D eigenvalue weighted by Crippen LogP contribution is 2.17. The molecule has 3 N–H and O–H groups in total. The van der Waals surface area contributed by atoms with Gasteiger partial charge >= 0.3 is 6.03 Å². The fourth-order valence-corrected chi connectivity index (χ4v) is 2.10. The Kier molecular flexibility index (Phi) is 6.43. The maximum atomic E-state index is 11.8. The lowest BCUT2D eigenvalue weighted by atomic mass is 10.0. The van der Waals surface area contributed by atoms with Gasteiger partial charge in [0.2, 0.25) is 0 Å². The summed E-state index contributed by atoms with van der Waals surface area (Å²) in [6, 6.07) is -0.147. The molecule has 18 heavy (non-hydrogen) atoms. The summed E-state index contributed by atoms with van der Waals surface area (Å²) in [6.07, 6.45) is 3.09. The van der Waals surface area contributed by atoms with Gasteiger partial charge in [-0.2, -0.15) is 0 Å². The molecule has 1 fully saturated rings. The molecule has 0 aromatic rings. The third-order valence-electron chi connectivity index (χ3n) is 3.67. The van der Waals surface area contributed by atoms with E-state index in [-0.39, 0.29) is 36.7 Å². The van der Waals surface area contributed by atoms with Crippen LogP contribution in [-0.2, 0) is 4.74 Å². The number of ether oxygens (including phenoxy) is 1. The van der Waals surface area contributed by atoms with Crippen molar-refractivity contribution >= 4 is 6.03 Å². The lowest BCUT2D eigenvalue weighted by Gasteiger charge is -2.25. The molecule has 1 saturated heterocycles. The van der Waals surface area contributed by atoms with Gasteiger partial charge in [0.15, 0.2) is 0 Å². The van der Waals surface area contributed by atoms with Crippen LogP contribution >= 0.6 is 0 Å². The molecule has 0 radical (unpaired) electrons. The maximum absolute atomic E-state index is 11.8. The van der Waals surface area contributed by atoms with E-state index in [1.165, 1.54) is 0 Å². The van der Waals surface area contributed by atoms with Crippen LogP contribution in [0.2, 0.25) is 0 Å². The minimum atomic E-state index is -0.176. The van der Waals surface area contributed by atoms with Crippen LogP contribution in [0.1, 0.15) is 40.0 Å². The number of hydrogen-bond donors (Lipinski definition) is 3. The number of carbonyl (C=O) groups is 1. The second-order valence-electron chi connectivity index (χ2n) is 5.13. The van der Waals surface area contributed by atoms with Crippen molar-refractivity contribution in [3.8, 4) is 0 Å². The molecule has 106 valence electrons. The zero-order valence-electron chi connectivity index (χ0n) is 11.6. The average Bonchev–Trinajstić information content (AvgIpc) is 2.88. The molecule has 4 unspecified atom stereocenters. The number of carbonyl (C=O) groups excluding carboxylic acids is 1. The zero-order chi connectivity index (χ0) is 13.5. The standard InChI is InChI=1S/C13H26N2O3/c1-4-11(12-6-5-7-18-12)15-13(17)14-10(3)9(2)8-16/h9-12,16H,4-8H2,1-3H3,(H2,14,15,17). The van der Waals surface area contributed by atoms with E-state index in [1.807, 2.05) is 20.8 Å². The molecule has 1 aliphatic heterocycles. The van der Waals surface area contributed by atoms with Crippen molar-refractivity contribution < 1.29 is 14.6 Å². The van der Waals surface area contributed by atoms with E-state index in [4.69, 9.17) is 9.84 Å². The van der Waals surface area contributed by atoms with E-state index < -0.39 is 0 Å². The van der Waals surface area contributed by atoms with Crippen LogP contribution in [0.25, 0.3) is 0 Å². The predicted octanol–water partition coefficient (Wildman–Crippen LogP) is 1.26. The number of hydrogen-bond acceptors (Lipinski definition) is 3. The zero-order valence-corrected chi connectivity index (χ0v) is 11.6. The smallest absolute Gasteiger partial charge is 0.315 e. The van der Waals surface area contributed by atoms with Crippen molar-refractivity contribution in [3.05, 3.63) is 0 Å². The number of amides is 2.